The number of hydrogen-bond donors (Lipinski definition) is 2. The molecule has 4 heterocycles. The number of methoxy groups -OCH3 is 2. The lowest BCUT2D eigenvalue weighted by atomic mass is 9.95. The molecule has 3 N–H and O–H groups in total. The Balaban J connectivity index is 0.000000178. The molecule has 0 radical (unpaired) electrons. The monoisotopic (exact) mass is 1080 g/mol. The molecule has 10 rings (SSSR count). The number of nitrogens with zero attached hydrogens (tertiary/aromatic N) is 6. The summed E-state index contributed by atoms with van der Waals surface area (Å²) in [5.41, 5.74) is 10.2. The molecule has 16 nitrogen and oxygen atoms in total. The van der Waals surface area contributed by atoms with Crippen LogP contribution >= 0.6 is 15.9 Å². The summed E-state index contributed by atoms with van der Waals surface area (Å²) in [4.78, 5) is 33.0. The molecule has 75 heavy (non-hydrogen) atoms. The van der Waals surface area contributed by atoms with Crippen LogP contribution in [-0.4, -0.2) is 81.0 Å². The van der Waals surface area contributed by atoms with Crippen LogP contribution in [0.1, 0.15) is 110 Å². The lowest BCUT2D eigenvalue weighted by Crippen LogP contribution is -2.22. The van der Waals surface area contributed by atoms with Gasteiger partial charge in [-0.2, -0.15) is 10.2 Å². The van der Waals surface area contributed by atoms with E-state index in [1.165, 1.54) is 51.4 Å². The number of carbonyl (C=O) groups is 2. The summed E-state index contributed by atoms with van der Waals surface area (Å²) in [5.74, 6) is 4.18. The zero-order chi connectivity index (χ0) is 52.5. The summed E-state index contributed by atoms with van der Waals surface area (Å²) in [5, 5.41) is 14.8. The summed E-state index contributed by atoms with van der Waals surface area (Å²) in [6, 6.07) is 34.1. The van der Waals surface area contributed by atoms with Crippen molar-refractivity contribution in [1.29, 1.82) is 0 Å². The van der Waals surface area contributed by atoms with Crippen LogP contribution in [0.5, 0.6) is 34.5 Å². The van der Waals surface area contributed by atoms with E-state index in [2.05, 4.69) is 36.3 Å². The highest BCUT2D eigenvalue weighted by molar-refractivity contribution is 9.10. The first-order chi connectivity index (χ1) is 36.6. The van der Waals surface area contributed by atoms with Gasteiger partial charge >= 0.3 is 11.9 Å². The number of benzene rings is 4. The van der Waals surface area contributed by atoms with Crippen LogP contribution in [-0.2, 0) is 22.6 Å². The van der Waals surface area contributed by atoms with Crippen molar-refractivity contribution >= 4 is 55.8 Å². The fourth-order valence-electron chi connectivity index (χ4n) is 8.97. The Hall–Kier alpha value is -7.50. The number of nitrogens with one attached hydrogen (secondary N) is 1. The maximum Gasteiger partial charge on any atom is 0.338 e. The van der Waals surface area contributed by atoms with Gasteiger partial charge < -0.3 is 39.5 Å². The van der Waals surface area contributed by atoms with E-state index in [0.29, 0.717) is 82.8 Å². The third-order valence-corrected chi connectivity index (χ3v) is 13.5. The molecular weight excluding hydrogens is 1020 g/mol. The van der Waals surface area contributed by atoms with Gasteiger partial charge in [-0.1, -0.05) is 62.8 Å². The van der Waals surface area contributed by atoms with Gasteiger partial charge in [0, 0.05) is 36.6 Å². The molecule has 0 aliphatic heterocycles. The van der Waals surface area contributed by atoms with Crippen molar-refractivity contribution in [2.45, 2.75) is 103 Å². The van der Waals surface area contributed by atoms with Crippen molar-refractivity contribution in [2.24, 2.45) is 5.73 Å². The van der Waals surface area contributed by atoms with Gasteiger partial charge in [0.05, 0.1) is 57.0 Å². The molecule has 392 valence electrons. The number of pyridine rings is 2. The lowest BCUT2D eigenvalue weighted by molar-refractivity contribution is 0.0516. The molecule has 8 aromatic rings. The molecule has 17 heteroatoms. The number of nitrogens with two attached hydrogens (primary N) is 1. The predicted octanol–water partition coefficient (Wildman–Crippen LogP) is 12.7. The third kappa shape index (κ3) is 14.4. The molecule has 0 atom stereocenters. The second-order valence-electron chi connectivity index (χ2n) is 18.2. The maximum atomic E-state index is 12.0. The molecule has 4 aromatic carbocycles. The number of fused-ring (bicyclic) bond motifs is 2. The summed E-state index contributed by atoms with van der Waals surface area (Å²) in [6.07, 6.45) is 16.0. The van der Waals surface area contributed by atoms with E-state index in [1.807, 2.05) is 64.0 Å². The SMILES string of the molecule is CCOC(=O)c1ccc(Oc2ccnc3c2c(Br)nn3Cc2ccc(OC)cc2)cc1.CCOC(=O)c1ccc(Oc2ccnc3c2c(NC2CCCCC2)nn3Cc2ccc(OC)cc2)cc1.NC1CCCCC1. The van der Waals surface area contributed by atoms with Crippen LogP contribution in [0.25, 0.3) is 22.1 Å². The Kier molecular flexibility index (Phi) is 19.1. The van der Waals surface area contributed by atoms with Crippen LogP contribution in [0.15, 0.2) is 126 Å². The standard InChI is InChI=1S/C29H32N4O4.C23H20BrN3O4.C6H13N/c1-3-36-29(34)21-11-15-24(16-12-21)37-25-17-18-30-28-26(25)27(31-22-7-5-4-6-8-22)32-33(28)19-20-9-13-23(35-2)14-10-20;1-3-30-23(28)16-6-10-18(11-7-16)31-19-12-13-25-22-20(19)21(24)26-27(22)14-15-4-8-17(29-2)9-5-15;7-6-4-2-1-3-5-6/h9-18,22H,3-8,19H2,1-2H3,(H,31,32);4-13H,3,14H2,1-2H3;6H,1-5,7H2. The fourth-order valence-corrected chi connectivity index (χ4v) is 9.54. The Morgan fingerprint density at radius 3 is 1.44 bits per heavy atom. The van der Waals surface area contributed by atoms with E-state index in [0.717, 1.165) is 57.7 Å². The Labute approximate surface area is 446 Å². The summed E-state index contributed by atoms with van der Waals surface area (Å²) < 4.78 is 37.4. The third-order valence-electron chi connectivity index (χ3n) is 12.9. The van der Waals surface area contributed by atoms with Gasteiger partial charge in [-0.3, -0.25) is 0 Å². The fraction of sp³-hybridized carbons (Fsp3) is 0.345. The van der Waals surface area contributed by atoms with Crippen LogP contribution in [0.3, 0.4) is 0 Å². The van der Waals surface area contributed by atoms with Crippen molar-refractivity contribution in [3.8, 4) is 34.5 Å². The average molecular weight is 1080 g/mol. The Bertz CT molecular complexity index is 3100. The smallest absolute Gasteiger partial charge is 0.338 e. The summed E-state index contributed by atoms with van der Waals surface area (Å²) >= 11 is 3.53. The van der Waals surface area contributed by atoms with Crippen molar-refractivity contribution < 1.29 is 38.0 Å². The van der Waals surface area contributed by atoms with Gasteiger partial charge in [0.15, 0.2) is 17.1 Å². The molecule has 0 amide bonds. The number of carbonyl (C=O) groups excluding carboxylic acids is 2. The maximum absolute atomic E-state index is 12.0. The molecule has 2 saturated carbocycles. The van der Waals surface area contributed by atoms with Gasteiger partial charge in [-0.25, -0.2) is 28.9 Å². The zero-order valence-corrected chi connectivity index (χ0v) is 44.6. The summed E-state index contributed by atoms with van der Waals surface area (Å²) in [6.45, 7) is 5.35. The second kappa shape index (κ2) is 26.6. The zero-order valence-electron chi connectivity index (χ0n) is 43.0. The van der Waals surface area contributed by atoms with Crippen LogP contribution < -0.4 is 30.0 Å². The van der Waals surface area contributed by atoms with Crippen LogP contribution in [0.4, 0.5) is 5.82 Å². The quantitative estimate of drug-likeness (QED) is 0.0869. The predicted molar refractivity (Wildman–Crippen MR) is 293 cm³/mol. The van der Waals surface area contributed by atoms with E-state index >= 15 is 0 Å². The van der Waals surface area contributed by atoms with Gasteiger partial charge in [-0.15, -0.1) is 0 Å². The highest BCUT2D eigenvalue weighted by atomic mass is 79.9. The number of rotatable bonds is 16. The van der Waals surface area contributed by atoms with E-state index in [1.54, 1.807) is 95.1 Å². The van der Waals surface area contributed by atoms with Crippen molar-refractivity contribution in [1.82, 2.24) is 29.5 Å². The molecule has 2 aliphatic carbocycles. The van der Waals surface area contributed by atoms with Gasteiger partial charge in [0.25, 0.3) is 0 Å². The first kappa shape index (κ1) is 53.8. The van der Waals surface area contributed by atoms with E-state index < -0.39 is 0 Å². The molecular formula is C58H65BrN8O8. The number of halogens is 1. The number of ether oxygens (including phenoxy) is 6. The highest BCUT2D eigenvalue weighted by Crippen LogP contribution is 2.37. The van der Waals surface area contributed by atoms with E-state index in [4.69, 9.17) is 39.3 Å². The average Bonchev–Trinajstić information content (AvgIpc) is 3.96. The largest absolute Gasteiger partial charge is 0.497 e. The first-order valence-corrected chi connectivity index (χ1v) is 26.5. The minimum Gasteiger partial charge on any atom is -0.497 e. The molecule has 2 aliphatic rings. The summed E-state index contributed by atoms with van der Waals surface area (Å²) in [7, 11) is 3.30. The van der Waals surface area contributed by atoms with E-state index in [9.17, 15) is 9.59 Å². The van der Waals surface area contributed by atoms with Crippen molar-refractivity contribution in [3.63, 3.8) is 0 Å². The minimum absolute atomic E-state index is 0.334. The molecule has 2 fully saturated rings. The molecule has 0 saturated heterocycles. The van der Waals surface area contributed by atoms with Gasteiger partial charge in [-0.05, 0) is 139 Å². The number of anilines is 1. The number of hydrogen-bond acceptors (Lipinski definition) is 14. The molecule has 0 unspecified atom stereocenters. The second-order valence-corrected chi connectivity index (χ2v) is 19.0. The van der Waals surface area contributed by atoms with Gasteiger partial charge in [0.1, 0.15) is 44.5 Å². The molecule has 4 aromatic heterocycles. The first-order valence-electron chi connectivity index (χ1n) is 25.7. The minimum atomic E-state index is -0.358. The lowest BCUT2D eigenvalue weighted by Gasteiger charge is -2.22. The Morgan fingerprint density at radius 1 is 0.573 bits per heavy atom. The van der Waals surface area contributed by atoms with Crippen LogP contribution in [0, 0.1) is 0 Å². The van der Waals surface area contributed by atoms with Crippen molar-refractivity contribution in [3.05, 3.63) is 148 Å². The number of esters is 2. The Morgan fingerprint density at radius 2 is 1.00 bits per heavy atom. The molecule has 0 bridgehead atoms. The topological polar surface area (TPSA) is 189 Å². The highest BCUT2D eigenvalue weighted by Gasteiger charge is 2.22. The van der Waals surface area contributed by atoms with Crippen molar-refractivity contribution in [2.75, 3.05) is 32.8 Å². The molecule has 0 spiro atoms. The normalized spacial score (nSPS) is 13.7. The van der Waals surface area contributed by atoms with Crippen LogP contribution in [0.2, 0.25) is 0 Å². The number of aromatic nitrogens is 6. The van der Waals surface area contributed by atoms with Gasteiger partial charge in [0.2, 0.25) is 0 Å². The van der Waals surface area contributed by atoms with E-state index in [-0.39, 0.29) is 11.9 Å².